The summed E-state index contributed by atoms with van der Waals surface area (Å²) in [4.78, 5) is 18.5. The van der Waals surface area contributed by atoms with Crippen LogP contribution in [0.2, 0.25) is 0 Å². The summed E-state index contributed by atoms with van der Waals surface area (Å²) in [5, 5.41) is 3.69. The van der Waals surface area contributed by atoms with Gasteiger partial charge >= 0.3 is 0 Å². The SMILES string of the molecule is N[C@H]1CCc2nc(NC(=O)C3CCOc4ccccc43)sc2C1. The highest BCUT2D eigenvalue weighted by Gasteiger charge is 2.28. The summed E-state index contributed by atoms with van der Waals surface area (Å²) in [7, 11) is 0. The lowest BCUT2D eigenvalue weighted by Gasteiger charge is -2.24. The van der Waals surface area contributed by atoms with Gasteiger partial charge in [0.15, 0.2) is 5.13 Å². The molecule has 1 amide bonds. The lowest BCUT2D eigenvalue weighted by molar-refractivity contribution is -0.118. The van der Waals surface area contributed by atoms with E-state index in [1.807, 2.05) is 24.3 Å². The van der Waals surface area contributed by atoms with Gasteiger partial charge in [0.05, 0.1) is 18.2 Å². The van der Waals surface area contributed by atoms with Gasteiger partial charge in [-0.3, -0.25) is 4.79 Å². The molecule has 6 heteroatoms. The van der Waals surface area contributed by atoms with E-state index < -0.39 is 0 Å². The lowest BCUT2D eigenvalue weighted by Crippen LogP contribution is -2.27. The first kappa shape index (κ1) is 14.7. The normalized spacial score (nSPS) is 22.7. The number of ether oxygens (including phenoxy) is 1. The molecule has 120 valence electrons. The van der Waals surface area contributed by atoms with E-state index in [4.69, 9.17) is 10.5 Å². The second-order valence-corrected chi connectivity index (χ2v) is 7.19. The Morgan fingerprint density at radius 2 is 2.22 bits per heavy atom. The van der Waals surface area contributed by atoms with Crippen molar-refractivity contribution in [1.29, 1.82) is 0 Å². The van der Waals surface area contributed by atoms with E-state index in [0.29, 0.717) is 18.2 Å². The number of aromatic nitrogens is 1. The van der Waals surface area contributed by atoms with E-state index in [0.717, 1.165) is 36.3 Å². The summed E-state index contributed by atoms with van der Waals surface area (Å²) in [6.45, 7) is 0.568. The minimum absolute atomic E-state index is 0.00357. The molecule has 1 unspecified atom stereocenters. The van der Waals surface area contributed by atoms with E-state index >= 15 is 0 Å². The predicted octanol–water partition coefficient (Wildman–Crippen LogP) is 2.46. The van der Waals surface area contributed by atoms with Gasteiger partial charge in [0.2, 0.25) is 5.91 Å². The monoisotopic (exact) mass is 329 g/mol. The number of thiazole rings is 1. The van der Waals surface area contributed by atoms with Gasteiger partial charge in [0.25, 0.3) is 0 Å². The van der Waals surface area contributed by atoms with E-state index in [-0.39, 0.29) is 17.9 Å². The molecule has 0 bridgehead atoms. The Morgan fingerprint density at radius 1 is 1.35 bits per heavy atom. The topological polar surface area (TPSA) is 77.2 Å². The summed E-state index contributed by atoms with van der Waals surface area (Å²) in [5.41, 5.74) is 8.06. The minimum atomic E-state index is -0.178. The Hall–Kier alpha value is -1.92. The zero-order valence-corrected chi connectivity index (χ0v) is 13.6. The van der Waals surface area contributed by atoms with E-state index in [9.17, 15) is 4.79 Å². The van der Waals surface area contributed by atoms with E-state index in [1.54, 1.807) is 11.3 Å². The van der Waals surface area contributed by atoms with Crippen LogP contribution in [0, 0.1) is 0 Å². The molecule has 4 rings (SSSR count). The number of nitrogens with one attached hydrogen (secondary N) is 1. The maximum atomic E-state index is 12.7. The largest absolute Gasteiger partial charge is 0.493 e. The average Bonchev–Trinajstić information content (AvgIpc) is 2.95. The summed E-state index contributed by atoms with van der Waals surface area (Å²) in [5.74, 6) is 0.627. The van der Waals surface area contributed by atoms with Crippen LogP contribution in [0.3, 0.4) is 0 Å². The number of rotatable bonds is 2. The molecule has 0 fully saturated rings. The fraction of sp³-hybridized carbons (Fsp3) is 0.412. The number of anilines is 1. The number of nitrogens with zero attached hydrogens (tertiary/aromatic N) is 1. The highest BCUT2D eigenvalue weighted by atomic mass is 32.1. The maximum Gasteiger partial charge on any atom is 0.233 e. The Morgan fingerprint density at radius 3 is 3.13 bits per heavy atom. The van der Waals surface area contributed by atoms with Crippen LogP contribution in [-0.4, -0.2) is 23.5 Å². The van der Waals surface area contributed by atoms with Gasteiger partial charge in [0.1, 0.15) is 5.75 Å². The Balaban J connectivity index is 1.53. The number of fused-ring (bicyclic) bond motifs is 2. The van der Waals surface area contributed by atoms with Crippen molar-refractivity contribution in [2.24, 2.45) is 5.73 Å². The molecule has 3 N–H and O–H groups in total. The summed E-state index contributed by atoms with van der Waals surface area (Å²) in [6.07, 6.45) is 3.43. The predicted molar refractivity (Wildman–Crippen MR) is 90.0 cm³/mol. The van der Waals surface area contributed by atoms with Crippen molar-refractivity contribution in [3.8, 4) is 5.75 Å². The van der Waals surface area contributed by atoms with Gasteiger partial charge in [-0.05, 0) is 31.7 Å². The maximum absolute atomic E-state index is 12.7. The van der Waals surface area contributed by atoms with Crippen molar-refractivity contribution in [1.82, 2.24) is 4.98 Å². The van der Waals surface area contributed by atoms with Crippen molar-refractivity contribution in [2.75, 3.05) is 11.9 Å². The van der Waals surface area contributed by atoms with Crippen molar-refractivity contribution < 1.29 is 9.53 Å². The van der Waals surface area contributed by atoms with E-state index in [1.165, 1.54) is 4.88 Å². The van der Waals surface area contributed by atoms with Crippen molar-refractivity contribution >= 4 is 22.4 Å². The molecule has 2 aliphatic rings. The molecule has 2 atom stereocenters. The zero-order valence-electron chi connectivity index (χ0n) is 12.7. The van der Waals surface area contributed by atoms with Crippen molar-refractivity contribution in [2.45, 2.75) is 37.6 Å². The van der Waals surface area contributed by atoms with Gasteiger partial charge in [-0.15, -0.1) is 11.3 Å². The van der Waals surface area contributed by atoms with Crippen LogP contribution >= 0.6 is 11.3 Å². The molecule has 1 aromatic carbocycles. The quantitative estimate of drug-likeness (QED) is 0.887. The number of carbonyl (C=O) groups is 1. The lowest BCUT2D eigenvalue weighted by atomic mass is 9.92. The number of carbonyl (C=O) groups excluding carboxylic acids is 1. The molecule has 2 aromatic rings. The van der Waals surface area contributed by atoms with Crippen molar-refractivity contribution in [3.05, 3.63) is 40.4 Å². The van der Waals surface area contributed by atoms with Gasteiger partial charge in [-0.1, -0.05) is 18.2 Å². The summed E-state index contributed by atoms with van der Waals surface area (Å²) < 4.78 is 5.63. The molecule has 0 radical (unpaired) electrons. The number of hydrogen-bond acceptors (Lipinski definition) is 5. The van der Waals surface area contributed by atoms with Crippen LogP contribution in [0.5, 0.6) is 5.75 Å². The Kier molecular flexibility index (Phi) is 3.79. The van der Waals surface area contributed by atoms with Gasteiger partial charge in [-0.2, -0.15) is 0 Å². The number of hydrogen-bond donors (Lipinski definition) is 2. The number of aryl methyl sites for hydroxylation is 1. The molecular formula is C17H19N3O2S. The average molecular weight is 329 g/mol. The second-order valence-electron chi connectivity index (χ2n) is 6.11. The number of para-hydroxylation sites is 1. The molecule has 0 spiro atoms. The Bertz CT molecular complexity index is 743. The van der Waals surface area contributed by atoms with E-state index in [2.05, 4.69) is 10.3 Å². The standard InChI is InChI=1S/C17H19N3O2S/c18-10-5-6-13-15(9-10)23-17(19-13)20-16(21)12-7-8-22-14-4-2-1-3-11(12)14/h1-4,10,12H,5-9,18H2,(H,19,20,21)/t10-,12?/m0/s1. The van der Waals surface area contributed by atoms with Crippen LogP contribution in [0.15, 0.2) is 24.3 Å². The second kappa shape index (κ2) is 5.94. The molecule has 1 aliphatic heterocycles. The van der Waals surface area contributed by atoms with Gasteiger partial charge in [0, 0.05) is 16.5 Å². The van der Waals surface area contributed by atoms with Crippen LogP contribution in [0.4, 0.5) is 5.13 Å². The molecule has 0 saturated heterocycles. The van der Waals surface area contributed by atoms with Crippen LogP contribution in [0.1, 0.15) is 34.9 Å². The third-order valence-electron chi connectivity index (χ3n) is 4.48. The van der Waals surface area contributed by atoms with Crippen LogP contribution < -0.4 is 15.8 Å². The smallest absolute Gasteiger partial charge is 0.233 e. The van der Waals surface area contributed by atoms with Gasteiger partial charge < -0.3 is 15.8 Å². The molecule has 1 aliphatic carbocycles. The first-order valence-electron chi connectivity index (χ1n) is 7.97. The van der Waals surface area contributed by atoms with Gasteiger partial charge in [-0.25, -0.2) is 4.98 Å². The number of nitrogens with two attached hydrogens (primary N) is 1. The first-order chi connectivity index (χ1) is 11.2. The third-order valence-corrected chi connectivity index (χ3v) is 5.52. The third kappa shape index (κ3) is 2.84. The fourth-order valence-corrected chi connectivity index (χ4v) is 4.36. The highest BCUT2D eigenvalue weighted by molar-refractivity contribution is 7.15. The zero-order chi connectivity index (χ0) is 15.8. The number of amides is 1. The summed E-state index contributed by atoms with van der Waals surface area (Å²) >= 11 is 1.56. The molecule has 23 heavy (non-hydrogen) atoms. The summed E-state index contributed by atoms with van der Waals surface area (Å²) in [6, 6.07) is 7.96. The molecule has 1 aromatic heterocycles. The van der Waals surface area contributed by atoms with Crippen LogP contribution in [0.25, 0.3) is 0 Å². The molecule has 5 nitrogen and oxygen atoms in total. The molecular weight excluding hydrogens is 310 g/mol. The first-order valence-corrected chi connectivity index (χ1v) is 8.79. The fourth-order valence-electron chi connectivity index (χ4n) is 3.26. The minimum Gasteiger partial charge on any atom is -0.493 e. The molecule has 0 saturated carbocycles. The molecule has 2 heterocycles. The highest BCUT2D eigenvalue weighted by Crippen LogP contribution is 2.35. The van der Waals surface area contributed by atoms with Crippen molar-refractivity contribution in [3.63, 3.8) is 0 Å². The Labute approximate surface area is 138 Å². The number of benzene rings is 1. The van der Waals surface area contributed by atoms with Crippen LogP contribution in [-0.2, 0) is 17.6 Å².